The molecule has 1 atom stereocenters. The van der Waals surface area contributed by atoms with E-state index in [1.54, 1.807) is 29.1 Å². The molecule has 3 N–H and O–H groups in total. The number of amides is 2. The zero-order valence-electron chi connectivity index (χ0n) is 30.3. The van der Waals surface area contributed by atoms with Gasteiger partial charge in [-0.25, -0.2) is 13.8 Å². The van der Waals surface area contributed by atoms with Gasteiger partial charge in [-0.05, 0) is 97.9 Å². The molecule has 0 radical (unpaired) electrons. The molecule has 1 saturated carbocycles. The van der Waals surface area contributed by atoms with Crippen LogP contribution >= 0.6 is 0 Å². The first kappa shape index (κ1) is 36.2. The van der Waals surface area contributed by atoms with E-state index in [2.05, 4.69) is 32.3 Å². The van der Waals surface area contributed by atoms with Crippen LogP contribution < -0.4 is 16.5 Å². The zero-order chi connectivity index (χ0) is 38.1. The van der Waals surface area contributed by atoms with Gasteiger partial charge in [-0.1, -0.05) is 24.3 Å². The van der Waals surface area contributed by atoms with Gasteiger partial charge in [0.15, 0.2) is 0 Å². The Balaban J connectivity index is 0.977. The topological polar surface area (TPSA) is 132 Å². The van der Waals surface area contributed by atoms with E-state index < -0.39 is 23.0 Å². The summed E-state index contributed by atoms with van der Waals surface area (Å²) in [6.07, 6.45) is 12.1. The van der Waals surface area contributed by atoms with Crippen LogP contribution in [0.1, 0.15) is 54.4 Å². The van der Waals surface area contributed by atoms with E-state index in [4.69, 9.17) is 10.5 Å². The highest BCUT2D eigenvalue weighted by molar-refractivity contribution is 6.04. The second kappa shape index (κ2) is 15.5. The van der Waals surface area contributed by atoms with Gasteiger partial charge in [-0.15, -0.1) is 0 Å². The number of nitrogens with zero attached hydrogens (tertiary/aromatic N) is 4. The molecule has 12 heteroatoms. The third-order valence-corrected chi connectivity index (χ3v) is 10.9. The summed E-state index contributed by atoms with van der Waals surface area (Å²) in [7, 11) is 0. The van der Waals surface area contributed by atoms with Crippen LogP contribution in [0.5, 0.6) is 0 Å². The van der Waals surface area contributed by atoms with Crippen LogP contribution in [0.25, 0.3) is 33.5 Å². The van der Waals surface area contributed by atoms with Crippen molar-refractivity contribution in [1.82, 2.24) is 19.4 Å². The molecule has 2 aliphatic heterocycles. The Bertz CT molecular complexity index is 2280. The second-order valence-corrected chi connectivity index (χ2v) is 14.9. The molecule has 0 bridgehead atoms. The Labute approximate surface area is 317 Å². The van der Waals surface area contributed by atoms with E-state index in [1.807, 2.05) is 12.1 Å². The minimum absolute atomic E-state index is 0.134. The predicted octanol–water partition coefficient (Wildman–Crippen LogP) is 7.12. The minimum atomic E-state index is -0.705. The molecule has 3 aliphatic rings. The van der Waals surface area contributed by atoms with Crippen molar-refractivity contribution < 1.29 is 23.1 Å². The summed E-state index contributed by atoms with van der Waals surface area (Å²) < 4.78 is 36.7. The number of aromatic nitrogens is 3. The van der Waals surface area contributed by atoms with Crippen molar-refractivity contribution in [3.63, 3.8) is 0 Å². The first-order valence-corrected chi connectivity index (χ1v) is 18.9. The number of halogens is 2. The monoisotopic (exact) mass is 744 g/mol. The van der Waals surface area contributed by atoms with Crippen LogP contribution in [0, 0.1) is 23.5 Å². The SMILES string of the molecule is Nc1ncc(-c2ccc(C[C@@H]3CCC(=O)N3CC3CCOCC3)cc2)cc1-c1ccc(NC(=O)c2cn(CC3CC3)cc(-c3ccc(F)cn3)c2=O)cc1F. The highest BCUT2D eigenvalue weighted by atomic mass is 19.1. The molecule has 0 spiro atoms. The highest BCUT2D eigenvalue weighted by Crippen LogP contribution is 2.34. The lowest BCUT2D eigenvalue weighted by atomic mass is 9.96. The molecule has 8 rings (SSSR count). The number of ether oxygens (including phenoxy) is 1. The molecule has 0 unspecified atom stereocenters. The Hall–Kier alpha value is -5.75. The van der Waals surface area contributed by atoms with Crippen LogP contribution in [0.15, 0.2) is 90.2 Å². The zero-order valence-corrected chi connectivity index (χ0v) is 30.3. The average Bonchev–Trinajstić information content (AvgIpc) is 3.95. The van der Waals surface area contributed by atoms with Gasteiger partial charge in [0.05, 0.1) is 17.5 Å². The van der Waals surface area contributed by atoms with Crippen LogP contribution in [0.4, 0.5) is 20.3 Å². The number of carbonyl (C=O) groups is 2. The number of likely N-dealkylation sites (tertiary alicyclic amines) is 1. The van der Waals surface area contributed by atoms with E-state index in [-0.39, 0.29) is 45.8 Å². The Morgan fingerprint density at radius 2 is 1.60 bits per heavy atom. The molecule has 2 aromatic carbocycles. The summed E-state index contributed by atoms with van der Waals surface area (Å²) in [4.78, 5) is 50.2. The number of nitrogens with two attached hydrogens (primary N) is 1. The van der Waals surface area contributed by atoms with Gasteiger partial charge in [0.2, 0.25) is 11.3 Å². The van der Waals surface area contributed by atoms with E-state index in [9.17, 15) is 18.8 Å². The highest BCUT2D eigenvalue weighted by Gasteiger charge is 2.33. The molecule has 55 heavy (non-hydrogen) atoms. The third-order valence-electron chi connectivity index (χ3n) is 10.9. The van der Waals surface area contributed by atoms with Gasteiger partial charge in [0.25, 0.3) is 5.91 Å². The lowest BCUT2D eigenvalue weighted by Crippen LogP contribution is -2.39. The summed E-state index contributed by atoms with van der Waals surface area (Å²) in [5, 5.41) is 2.66. The smallest absolute Gasteiger partial charge is 0.261 e. The van der Waals surface area contributed by atoms with Gasteiger partial charge < -0.3 is 25.3 Å². The van der Waals surface area contributed by atoms with Crippen molar-refractivity contribution in [2.75, 3.05) is 30.8 Å². The Morgan fingerprint density at radius 3 is 2.33 bits per heavy atom. The summed E-state index contributed by atoms with van der Waals surface area (Å²) in [6.45, 7) is 2.93. The quantitative estimate of drug-likeness (QED) is 0.147. The first-order chi connectivity index (χ1) is 26.7. The van der Waals surface area contributed by atoms with Crippen molar-refractivity contribution in [3.8, 4) is 33.5 Å². The molecular weight excluding hydrogens is 703 g/mol. The lowest BCUT2D eigenvalue weighted by Gasteiger charge is -2.31. The molecule has 5 heterocycles. The van der Waals surface area contributed by atoms with E-state index in [0.29, 0.717) is 30.4 Å². The number of hydrogen-bond donors (Lipinski definition) is 2. The van der Waals surface area contributed by atoms with Crippen molar-refractivity contribution in [1.29, 1.82) is 0 Å². The number of carbonyl (C=O) groups excluding carboxylic acids is 2. The van der Waals surface area contributed by atoms with Crippen molar-refractivity contribution >= 4 is 23.3 Å². The van der Waals surface area contributed by atoms with Gasteiger partial charge in [-0.2, -0.15) is 0 Å². The van der Waals surface area contributed by atoms with Gasteiger partial charge in [0.1, 0.15) is 23.0 Å². The number of hydrogen-bond acceptors (Lipinski definition) is 7. The van der Waals surface area contributed by atoms with Crippen molar-refractivity contribution in [3.05, 3.63) is 118 Å². The van der Waals surface area contributed by atoms with E-state index in [1.165, 1.54) is 30.5 Å². The van der Waals surface area contributed by atoms with Crippen LogP contribution in [-0.4, -0.2) is 57.0 Å². The maximum Gasteiger partial charge on any atom is 0.261 e. The molecule has 10 nitrogen and oxygen atoms in total. The standard InChI is InChI=1S/C43H42F2N6O4/c44-31-7-11-39(47-21-31)36-24-50(22-27-1-2-27)25-37(41(36)53)43(54)49-32-8-10-34(38(45)19-32)35-18-30(20-48-42(35)46)29-5-3-26(4-6-29)17-33-9-12-40(52)51(33)23-28-13-15-55-16-14-28/h3-8,10-11,18-21,24-25,27-28,33H,1-2,9,12-17,22-23H2,(H2,46,48)(H,49,54)/t33-/m0/s1. The number of nitrogens with one attached hydrogen (secondary N) is 1. The van der Waals surface area contributed by atoms with Gasteiger partial charge >= 0.3 is 0 Å². The minimum Gasteiger partial charge on any atom is -0.383 e. The molecule has 3 aromatic heterocycles. The fourth-order valence-electron chi connectivity index (χ4n) is 7.64. The van der Waals surface area contributed by atoms with E-state index in [0.717, 1.165) is 81.2 Å². The van der Waals surface area contributed by atoms with Crippen LogP contribution in [-0.2, 0) is 22.5 Å². The molecule has 2 amide bonds. The third kappa shape index (κ3) is 8.19. The predicted molar refractivity (Wildman–Crippen MR) is 206 cm³/mol. The Kier molecular flexibility index (Phi) is 10.2. The number of pyridine rings is 3. The summed E-state index contributed by atoms with van der Waals surface area (Å²) in [6, 6.07) is 16.9. The molecule has 2 saturated heterocycles. The maximum atomic E-state index is 15.8. The number of nitrogen functional groups attached to an aromatic ring is 1. The maximum absolute atomic E-state index is 15.8. The van der Waals surface area contributed by atoms with Crippen molar-refractivity contribution in [2.24, 2.45) is 11.8 Å². The molecule has 3 fully saturated rings. The number of benzene rings is 2. The normalized spacial score (nSPS) is 17.5. The van der Waals surface area contributed by atoms with Crippen LogP contribution in [0.2, 0.25) is 0 Å². The van der Waals surface area contributed by atoms with Crippen LogP contribution in [0.3, 0.4) is 0 Å². The fraction of sp³-hybridized carbons (Fsp3) is 0.326. The number of rotatable bonds is 11. The van der Waals surface area contributed by atoms with Crippen molar-refractivity contribution in [2.45, 2.75) is 57.5 Å². The molecule has 282 valence electrons. The van der Waals surface area contributed by atoms with Gasteiger partial charge in [0, 0.05) is 79.7 Å². The second-order valence-electron chi connectivity index (χ2n) is 14.9. The summed E-state index contributed by atoms with van der Waals surface area (Å²) >= 11 is 0. The molecule has 5 aromatic rings. The largest absolute Gasteiger partial charge is 0.383 e. The lowest BCUT2D eigenvalue weighted by molar-refractivity contribution is -0.130. The average molecular weight is 745 g/mol. The fourth-order valence-corrected chi connectivity index (χ4v) is 7.64. The first-order valence-electron chi connectivity index (χ1n) is 18.9. The number of anilines is 2. The van der Waals surface area contributed by atoms with Gasteiger partial charge in [-0.3, -0.25) is 19.4 Å². The summed E-state index contributed by atoms with van der Waals surface area (Å²) in [5.41, 5.74) is 9.50. The van der Waals surface area contributed by atoms with E-state index >= 15 is 4.39 Å². The molecule has 1 aliphatic carbocycles. The molecular formula is C43H42F2N6O4. The Morgan fingerprint density at radius 1 is 0.818 bits per heavy atom. The summed E-state index contributed by atoms with van der Waals surface area (Å²) in [5.74, 6) is -0.566.